The van der Waals surface area contributed by atoms with E-state index < -0.39 is 17.8 Å². The predicted molar refractivity (Wildman–Crippen MR) is 73.1 cm³/mol. The molecule has 0 saturated heterocycles. The Labute approximate surface area is 120 Å². The highest BCUT2D eigenvalue weighted by Crippen LogP contribution is 2.33. The molecular weight excluding hydrogens is 281 g/mol. The van der Waals surface area contributed by atoms with Crippen LogP contribution in [-0.4, -0.2) is 19.1 Å². The summed E-state index contributed by atoms with van der Waals surface area (Å²) in [6.45, 7) is 0. The Hall–Kier alpha value is -2.08. The Bertz CT molecular complexity index is 614. The molecule has 0 spiro atoms. The molecule has 0 radical (unpaired) electrons. The van der Waals surface area contributed by atoms with E-state index in [9.17, 15) is 13.2 Å². The zero-order valence-corrected chi connectivity index (χ0v) is 11.6. The van der Waals surface area contributed by atoms with Gasteiger partial charge in [0.15, 0.2) is 0 Å². The lowest BCUT2D eigenvalue weighted by Gasteiger charge is -2.20. The molecular formula is C15H15F3N2O. The maximum absolute atomic E-state index is 12.8. The van der Waals surface area contributed by atoms with Gasteiger partial charge in [0.05, 0.1) is 18.7 Å². The number of methoxy groups -OCH3 is 1. The number of ether oxygens (including phenoxy) is 1. The summed E-state index contributed by atoms with van der Waals surface area (Å²) in [7, 11) is 3.15. The van der Waals surface area contributed by atoms with Crippen LogP contribution in [0.2, 0.25) is 0 Å². The molecule has 2 rings (SSSR count). The zero-order valence-electron chi connectivity index (χ0n) is 11.6. The fraction of sp³-hybridized carbons (Fsp3) is 0.267. The van der Waals surface area contributed by atoms with E-state index in [2.05, 4.69) is 10.3 Å². The van der Waals surface area contributed by atoms with Crippen molar-refractivity contribution in [2.45, 2.75) is 12.2 Å². The van der Waals surface area contributed by atoms with Crippen molar-refractivity contribution in [2.24, 2.45) is 0 Å². The number of nitrogens with one attached hydrogen (secondary N) is 1. The summed E-state index contributed by atoms with van der Waals surface area (Å²) in [4.78, 5) is 4.08. The van der Waals surface area contributed by atoms with E-state index in [1.54, 1.807) is 31.4 Å². The van der Waals surface area contributed by atoms with Gasteiger partial charge in [-0.25, -0.2) is 4.98 Å². The number of halogens is 3. The van der Waals surface area contributed by atoms with Gasteiger partial charge < -0.3 is 10.1 Å². The minimum atomic E-state index is -4.37. The highest BCUT2D eigenvalue weighted by Gasteiger charge is 2.31. The molecule has 0 aliphatic rings. The van der Waals surface area contributed by atoms with Crippen LogP contribution in [0.1, 0.15) is 22.7 Å². The molecule has 1 aromatic carbocycles. The summed E-state index contributed by atoms with van der Waals surface area (Å²) in [5, 5.41) is 3.00. The number of alkyl halides is 3. The lowest BCUT2D eigenvalue weighted by molar-refractivity contribution is -0.137. The first-order chi connectivity index (χ1) is 9.97. The molecule has 1 unspecified atom stereocenters. The standard InChI is InChI=1S/C15H15F3N2O/c1-19-13(12-7-4-8-20-14(12)21-2)10-5-3-6-11(9-10)15(16,17)18/h3-9,13,19H,1-2H3. The molecule has 1 aromatic heterocycles. The van der Waals surface area contributed by atoms with Gasteiger partial charge in [-0.05, 0) is 30.8 Å². The number of hydrogen-bond acceptors (Lipinski definition) is 3. The van der Waals surface area contributed by atoms with Crippen LogP contribution in [0.4, 0.5) is 13.2 Å². The number of aromatic nitrogens is 1. The number of benzene rings is 1. The fourth-order valence-corrected chi connectivity index (χ4v) is 2.19. The summed E-state index contributed by atoms with van der Waals surface area (Å²) >= 11 is 0. The van der Waals surface area contributed by atoms with E-state index in [0.29, 0.717) is 17.0 Å². The highest BCUT2D eigenvalue weighted by molar-refractivity contribution is 5.39. The average molecular weight is 296 g/mol. The van der Waals surface area contributed by atoms with Gasteiger partial charge in [-0.15, -0.1) is 0 Å². The molecule has 0 aliphatic heterocycles. The highest BCUT2D eigenvalue weighted by atomic mass is 19.4. The summed E-state index contributed by atoms with van der Waals surface area (Å²) in [5.74, 6) is 0.384. The normalized spacial score (nSPS) is 13.0. The van der Waals surface area contributed by atoms with Crippen LogP contribution in [0.5, 0.6) is 5.88 Å². The number of nitrogens with zero attached hydrogens (tertiary/aromatic N) is 1. The summed E-state index contributed by atoms with van der Waals surface area (Å²) in [5.41, 5.74) is 0.503. The van der Waals surface area contributed by atoms with Crippen LogP contribution in [0.15, 0.2) is 42.6 Å². The van der Waals surface area contributed by atoms with Gasteiger partial charge in [-0.1, -0.05) is 18.2 Å². The monoisotopic (exact) mass is 296 g/mol. The quantitative estimate of drug-likeness (QED) is 0.938. The summed E-state index contributed by atoms with van der Waals surface area (Å²) < 4.78 is 43.7. The maximum Gasteiger partial charge on any atom is 0.416 e. The van der Waals surface area contributed by atoms with Crippen molar-refractivity contribution >= 4 is 0 Å². The largest absolute Gasteiger partial charge is 0.481 e. The molecule has 1 N–H and O–H groups in total. The van der Waals surface area contributed by atoms with Gasteiger partial charge in [0, 0.05) is 11.8 Å². The van der Waals surface area contributed by atoms with E-state index in [1.165, 1.54) is 13.2 Å². The first-order valence-electron chi connectivity index (χ1n) is 6.30. The predicted octanol–water partition coefficient (Wildman–Crippen LogP) is 3.42. The molecule has 0 bridgehead atoms. The van der Waals surface area contributed by atoms with Crippen LogP contribution in [0.25, 0.3) is 0 Å². The second kappa shape index (κ2) is 6.13. The van der Waals surface area contributed by atoms with Gasteiger partial charge in [0.1, 0.15) is 0 Å². The van der Waals surface area contributed by atoms with E-state index in [0.717, 1.165) is 12.1 Å². The third-order valence-corrected chi connectivity index (χ3v) is 3.14. The average Bonchev–Trinajstić information content (AvgIpc) is 2.48. The van der Waals surface area contributed by atoms with E-state index in [4.69, 9.17) is 4.74 Å². The fourth-order valence-electron chi connectivity index (χ4n) is 2.19. The Morgan fingerprint density at radius 2 is 1.95 bits per heavy atom. The van der Waals surface area contributed by atoms with E-state index in [1.807, 2.05) is 0 Å². The minimum absolute atomic E-state index is 0.384. The van der Waals surface area contributed by atoms with Gasteiger partial charge >= 0.3 is 6.18 Å². The second-order valence-corrected chi connectivity index (χ2v) is 4.45. The lowest BCUT2D eigenvalue weighted by Crippen LogP contribution is -2.19. The smallest absolute Gasteiger partial charge is 0.416 e. The molecule has 0 amide bonds. The van der Waals surface area contributed by atoms with Crippen molar-refractivity contribution in [3.63, 3.8) is 0 Å². The van der Waals surface area contributed by atoms with Gasteiger partial charge in [0.25, 0.3) is 0 Å². The molecule has 0 saturated carbocycles. The first kappa shape index (κ1) is 15.3. The molecule has 0 fully saturated rings. The molecule has 1 atom stereocenters. The Morgan fingerprint density at radius 3 is 2.57 bits per heavy atom. The molecule has 6 heteroatoms. The number of pyridine rings is 1. The van der Waals surface area contributed by atoms with Crippen molar-refractivity contribution in [3.05, 3.63) is 59.3 Å². The van der Waals surface area contributed by atoms with Crippen LogP contribution >= 0.6 is 0 Å². The van der Waals surface area contributed by atoms with Crippen LogP contribution in [0.3, 0.4) is 0 Å². The SMILES string of the molecule is CNC(c1cccc(C(F)(F)F)c1)c1cccnc1OC. The Kier molecular flexibility index (Phi) is 4.47. The van der Waals surface area contributed by atoms with Crippen molar-refractivity contribution < 1.29 is 17.9 Å². The molecule has 1 heterocycles. The topological polar surface area (TPSA) is 34.2 Å². The maximum atomic E-state index is 12.8. The van der Waals surface area contributed by atoms with Crippen LogP contribution < -0.4 is 10.1 Å². The van der Waals surface area contributed by atoms with Crippen molar-refractivity contribution in [3.8, 4) is 5.88 Å². The molecule has 0 aliphatic carbocycles. The Morgan fingerprint density at radius 1 is 1.19 bits per heavy atom. The van der Waals surface area contributed by atoms with Crippen LogP contribution in [0, 0.1) is 0 Å². The number of hydrogen-bond donors (Lipinski definition) is 1. The third-order valence-electron chi connectivity index (χ3n) is 3.14. The van der Waals surface area contributed by atoms with Crippen molar-refractivity contribution in [2.75, 3.05) is 14.2 Å². The first-order valence-corrected chi connectivity index (χ1v) is 6.30. The van der Waals surface area contributed by atoms with Gasteiger partial charge in [-0.2, -0.15) is 13.2 Å². The molecule has 2 aromatic rings. The van der Waals surface area contributed by atoms with E-state index >= 15 is 0 Å². The minimum Gasteiger partial charge on any atom is -0.481 e. The molecule has 3 nitrogen and oxygen atoms in total. The van der Waals surface area contributed by atoms with Gasteiger partial charge in [0.2, 0.25) is 5.88 Å². The van der Waals surface area contributed by atoms with Crippen molar-refractivity contribution in [1.29, 1.82) is 0 Å². The summed E-state index contributed by atoms with van der Waals surface area (Å²) in [6.07, 6.45) is -2.80. The lowest BCUT2D eigenvalue weighted by atomic mass is 9.98. The third kappa shape index (κ3) is 3.33. The van der Waals surface area contributed by atoms with Crippen LogP contribution in [-0.2, 0) is 6.18 Å². The number of rotatable bonds is 4. The van der Waals surface area contributed by atoms with Crippen molar-refractivity contribution in [1.82, 2.24) is 10.3 Å². The second-order valence-electron chi connectivity index (χ2n) is 4.45. The van der Waals surface area contributed by atoms with Gasteiger partial charge in [-0.3, -0.25) is 0 Å². The van der Waals surface area contributed by atoms with E-state index in [-0.39, 0.29) is 0 Å². The Balaban J connectivity index is 2.47. The molecule has 21 heavy (non-hydrogen) atoms. The summed E-state index contributed by atoms with van der Waals surface area (Å²) in [6, 6.07) is 8.28. The molecule has 112 valence electrons. The zero-order chi connectivity index (χ0) is 15.5.